The first kappa shape index (κ1) is 30.7. The van der Waals surface area contributed by atoms with Gasteiger partial charge in [-0.2, -0.15) is 0 Å². The van der Waals surface area contributed by atoms with Gasteiger partial charge in [-0.1, -0.05) is 95.7 Å². The van der Waals surface area contributed by atoms with Crippen LogP contribution in [0.15, 0.2) is 84.9 Å². The van der Waals surface area contributed by atoms with Crippen LogP contribution < -0.4 is 5.32 Å². The molecule has 5 rings (SSSR count). The van der Waals surface area contributed by atoms with Gasteiger partial charge >= 0.3 is 12.0 Å². The number of methoxy groups -OCH3 is 1. The van der Waals surface area contributed by atoms with Crippen molar-refractivity contribution in [1.82, 2.24) is 9.88 Å². The summed E-state index contributed by atoms with van der Waals surface area (Å²) in [6.45, 7) is 2.79. The molecule has 1 aliphatic heterocycles. The van der Waals surface area contributed by atoms with E-state index in [9.17, 15) is 9.59 Å². The largest absolute Gasteiger partial charge is 0.465 e. The first-order valence-corrected chi connectivity index (χ1v) is 15.8. The Morgan fingerprint density at radius 2 is 1.60 bits per heavy atom. The van der Waals surface area contributed by atoms with E-state index in [4.69, 9.17) is 21.1 Å². The number of aromatic nitrogens is 1. The number of carbonyl (C=O) groups is 2. The lowest BCUT2D eigenvalue weighted by atomic mass is 9.88. The van der Waals surface area contributed by atoms with Gasteiger partial charge in [-0.3, -0.25) is 5.32 Å². The van der Waals surface area contributed by atoms with E-state index >= 15 is 0 Å². The summed E-state index contributed by atoms with van der Waals surface area (Å²) in [5.74, 6) is 0.290. The van der Waals surface area contributed by atoms with Crippen LogP contribution in [0.1, 0.15) is 53.1 Å². The van der Waals surface area contributed by atoms with Crippen molar-refractivity contribution < 1.29 is 19.1 Å². The Kier molecular flexibility index (Phi) is 10.8. The third kappa shape index (κ3) is 8.22. The van der Waals surface area contributed by atoms with Crippen molar-refractivity contribution in [1.29, 1.82) is 0 Å². The topological polar surface area (TPSA) is 80.8 Å². The lowest BCUT2D eigenvalue weighted by Crippen LogP contribution is -2.38. The molecule has 4 aromatic rings. The highest BCUT2D eigenvalue weighted by atomic mass is 35.5. The Morgan fingerprint density at radius 1 is 0.977 bits per heavy atom. The van der Waals surface area contributed by atoms with Crippen molar-refractivity contribution in [2.24, 2.45) is 5.92 Å². The van der Waals surface area contributed by atoms with Crippen LogP contribution in [-0.4, -0.2) is 55.3 Å². The van der Waals surface area contributed by atoms with Gasteiger partial charge in [0.1, 0.15) is 10.0 Å². The molecule has 0 unspecified atom stereocenters. The van der Waals surface area contributed by atoms with Gasteiger partial charge in [0.15, 0.2) is 5.13 Å². The van der Waals surface area contributed by atoms with Crippen LogP contribution in [0.5, 0.6) is 0 Å². The van der Waals surface area contributed by atoms with Crippen molar-refractivity contribution >= 4 is 40.1 Å². The number of amides is 2. The van der Waals surface area contributed by atoms with Crippen molar-refractivity contribution in [2.45, 2.75) is 31.6 Å². The number of ether oxygens (including phenoxy) is 2. The van der Waals surface area contributed by atoms with Crippen LogP contribution in [0.3, 0.4) is 0 Å². The Labute approximate surface area is 261 Å². The molecular formula is C34H36ClN3O4S. The number of hydrogen-bond acceptors (Lipinski definition) is 6. The molecule has 1 N–H and O–H groups in total. The van der Waals surface area contributed by atoms with E-state index in [0.29, 0.717) is 39.7 Å². The minimum Gasteiger partial charge on any atom is -0.465 e. The van der Waals surface area contributed by atoms with Gasteiger partial charge in [0, 0.05) is 37.8 Å². The van der Waals surface area contributed by atoms with Gasteiger partial charge in [0.05, 0.1) is 12.7 Å². The average Bonchev–Trinajstić information content (AvgIpc) is 3.43. The highest BCUT2D eigenvalue weighted by Gasteiger charge is 2.23. The summed E-state index contributed by atoms with van der Waals surface area (Å²) in [5, 5.41) is 3.45. The summed E-state index contributed by atoms with van der Waals surface area (Å²) in [4.78, 5) is 32.1. The van der Waals surface area contributed by atoms with Gasteiger partial charge in [-0.15, -0.1) is 0 Å². The standard InChI is InChI=1S/C34H36ClN3O4S/c1-41-32(39)28-14-12-27(13-15-28)30-31(35)43-33(36-30)37-34(40)38(20-16-24-18-22-42-23-19-24)21-17-29(25-8-4-2-5-9-25)26-10-6-3-7-11-26/h2-15,24,29H,16-23H2,1H3,(H,36,37,40). The summed E-state index contributed by atoms with van der Waals surface area (Å²) in [7, 11) is 1.35. The molecule has 0 radical (unpaired) electrons. The molecule has 1 saturated heterocycles. The lowest BCUT2D eigenvalue weighted by molar-refractivity contribution is 0.0600. The second-order valence-electron chi connectivity index (χ2n) is 10.6. The molecule has 224 valence electrons. The third-order valence-corrected chi connectivity index (χ3v) is 9.08. The first-order chi connectivity index (χ1) is 21.0. The number of thiazole rings is 1. The van der Waals surface area contributed by atoms with E-state index in [1.54, 1.807) is 24.3 Å². The SMILES string of the molecule is COC(=O)c1ccc(-c2nc(NC(=O)N(CCC3CCOCC3)CCC(c3ccccc3)c3ccccc3)sc2Cl)cc1. The molecule has 0 bridgehead atoms. The van der Waals surface area contributed by atoms with E-state index in [2.05, 4.69) is 58.8 Å². The quantitative estimate of drug-likeness (QED) is 0.172. The van der Waals surface area contributed by atoms with Crippen LogP contribution in [0, 0.1) is 5.92 Å². The molecule has 9 heteroatoms. The van der Waals surface area contributed by atoms with Gasteiger partial charge < -0.3 is 14.4 Å². The number of esters is 1. The Hall–Kier alpha value is -3.72. The number of carbonyl (C=O) groups excluding carboxylic acids is 2. The molecule has 0 saturated carbocycles. The van der Waals surface area contributed by atoms with Gasteiger partial charge in [-0.25, -0.2) is 14.6 Å². The Balaban J connectivity index is 1.32. The number of halogens is 1. The average molecular weight is 618 g/mol. The van der Waals surface area contributed by atoms with Crippen LogP contribution >= 0.6 is 22.9 Å². The van der Waals surface area contributed by atoms with Gasteiger partial charge in [-0.05, 0) is 54.9 Å². The molecule has 0 aliphatic carbocycles. The molecule has 0 spiro atoms. The molecule has 1 fully saturated rings. The molecule has 2 amide bonds. The van der Waals surface area contributed by atoms with Crippen molar-refractivity contribution in [2.75, 3.05) is 38.7 Å². The summed E-state index contributed by atoms with van der Waals surface area (Å²) in [5.41, 5.74) is 4.21. The molecule has 3 aromatic carbocycles. The maximum absolute atomic E-state index is 13.7. The summed E-state index contributed by atoms with van der Waals surface area (Å²) < 4.78 is 10.8. The van der Waals surface area contributed by atoms with E-state index in [1.807, 2.05) is 17.0 Å². The minimum absolute atomic E-state index is 0.162. The number of anilines is 1. The highest BCUT2D eigenvalue weighted by Crippen LogP contribution is 2.36. The molecule has 2 heterocycles. The predicted molar refractivity (Wildman–Crippen MR) is 172 cm³/mol. The number of rotatable bonds is 11. The van der Waals surface area contributed by atoms with Crippen LogP contribution in [0.25, 0.3) is 11.3 Å². The Bertz CT molecular complexity index is 1440. The zero-order valence-electron chi connectivity index (χ0n) is 24.2. The molecule has 0 atom stereocenters. The van der Waals surface area contributed by atoms with E-state index in [0.717, 1.165) is 44.5 Å². The minimum atomic E-state index is -0.411. The first-order valence-electron chi connectivity index (χ1n) is 14.6. The molecular weight excluding hydrogens is 582 g/mol. The zero-order chi connectivity index (χ0) is 30.0. The second-order valence-corrected chi connectivity index (χ2v) is 12.2. The summed E-state index contributed by atoms with van der Waals surface area (Å²) in [6, 6.07) is 27.6. The molecule has 1 aliphatic rings. The zero-order valence-corrected chi connectivity index (χ0v) is 25.8. The fraction of sp³-hybridized carbons (Fsp3) is 0.324. The maximum Gasteiger partial charge on any atom is 0.337 e. The van der Waals surface area contributed by atoms with E-state index in [1.165, 1.54) is 29.6 Å². The molecule has 43 heavy (non-hydrogen) atoms. The van der Waals surface area contributed by atoms with Gasteiger partial charge in [0.25, 0.3) is 0 Å². The molecule has 7 nitrogen and oxygen atoms in total. The monoisotopic (exact) mass is 617 g/mol. The van der Waals surface area contributed by atoms with Crippen molar-refractivity contribution in [3.8, 4) is 11.3 Å². The lowest BCUT2D eigenvalue weighted by Gasteiger charge is -2.29. The Morgan fingerprint density at radius 3 is 2.21 bits per heavy atom. The summed E-state index contributed by atoms with van der Waals surface area (Å²) in [6.07, 6.45) is 3.75. The normalized spacial score (nSPS) is 13.6. The number of nitrogens with zero attached hydrogens (tertiary/aromatic N) is 2. The second kappa shape index (κ2) is 15.1. The summed E-state index contributed by atoms with van der Waals surface area (Å²) >= 11 is 7.78. The van der Waals surface area contributed by atoms with Crippen molar-refractivity contribution in [3.05, 3.63) is 106 Å². The predicted octanol–water partition coefficient (Wildman–Crippen LogP) is 8.12. The van der Waals surface area contributed by atoms with E-state index < -0.39 is 5.97 Å². The smallest absolute Gasteiger partial charge is 0.337 e. The van der Waals surface area contributed by atoms with Crippen LogP contribution in [0.4, 0.5) is 9.93 Å². The van der Waals surface area contributed by atoms with Crippen LogP contribution in [-0.2, 0) is 9.47 Å². The fourth-order valence-electron chi connectivity index (χ4n) is 5.46. The highest BCUT2D eigenvalue weighted by molar-refractivity contribution is 7.20. The number of hydrogen-bond donors (Lipinski definition) is 1. The third-order valence-electron chi connectivity index (χ3n) is 7.91. The number of urea groups is 1. The van der Waals surface area contributed by atoms with Crippen LogP contribution in [0.2, 0.25) is 4.34 Å². The number of benzene rings is 3. The van der Waals surface area contributed by atoms with Crippen molar-refractivity contribution in [3.63, 3.8) is 0 Å². The number of nitrogens with one attached hydrogen (secondary N) is 1. The van der Waals surface area contributed by atoms with Gasteiger partial charge in [0.2, 0.25) is 0 Å². The van der Waals surface area contributed by atoms with E-state index in [-0.39, 0.29) is 11.9 Å². The fourth-order valence-corrected chi connectivity index (χ4v) is 6.53. The molecule has 1 aromatic heterocycles. The maximum atomic E-state index is 13.7.